The minimum Gasteiger partial charge on any atom is -0.307 e. The van der Waals surface area contributed by atoms with Crippen LogP contribution in [0.5, 0.6) is 0 Å². The number of rotatable bonds is 6. The van der Waals surface area contributed by atoms with Crippen LogP contribution < -0.4 is 5.32 Å². The molecule has 4 rings (SSSR count). The smallest absolute Gasteiger partial charge is 0.264 e. The van der Waals surface area contributed by atoms with E-state index in [0.29, 0.717) is 19.8 Å². The van der Waals surface area contributed by atoms with Crippen LogP contribution in [0.1, 0.15) is 27.9 Å². The molecule has 3 aromatic rings. The number of ketones is 1. The van der Waals surface area contributed by atoms with Gasteiger partial charge in [0.2, 0.25) is 0 Å². The number of allylic oxidation sites excluding steroid dienone is 3. The van der Waals surface area contributed by atoms with E-state index in [2.05, 4.69) is 5.32 Å². The molecule has 0 atom stereocenters. The van der Waals surface area contributed by atoms with E-state index < -0.39 is 0 Å². The van der Waals surface area contributed by atoms with Crippen LogP contribution in [0.25, 0.3) is 11.1 Å². The zero-order valence-electron chi connectivity index (χ0n) is 16.9. The molecule has 0 radical (unpaired) electrons. The summed E-state index contributed by atoms with van der Waals surface area (Å²) in [4.78, 5) is 26.2. The largest absolute Gasteiger partial charge is 0.307 e. The first-order chi connectivity index (χ1) is 15.5. The molecule has 158 valence electrons. The molecule has 1 aliphatic rings. The number of amides is 1. The van der Waals surface area contributed by atoms with E-state index in [1.165, 1.54) is 11.8 Å². The molecule has 1 heterocycles. The molecule has 0 unspecified atom stereocenters. The van der Waals surface area contributed by atoms with Crippen molar-refractivity contribution in [3.8, 4) is 0 Å². The Morgan fingerprint density at radius 2 is 1.47 bits per heavy atom. The van der Waals surface area contributed by atoms with Gasteiger partial charge in [-0.1, -0.05) is 108 Å². The average Bonchev–Trinajstić information content (AvgIpc) is 3.15. The summed E-state index contributed by atoms with van der Waals surface area (Å²) in [5, 5.41) is 3.30. The Labute approximate surface area is 201 Å². The van der Waals surface area contributed by atoms with Gasteiger partial charge in [-0.2, -0.15) is 0 Å². The van der Waals surface area contributed by atoms with E-state index in [1.54, 1.807) is 24.3 Å². The summed E-state index contributed by atoms with van der Waals surface area (Å²) in [6.07, 6.45) is 2.08. The van der Waals surface area contributed by atoms with Gasteiger partial charge in [-0.25, -0.2) is 0 Å². The molecule has 32 heavy (non-hydrogen) atoms. The molecule has 0 aliphatic carbocycles. The average molecular weight is 476 g/mol. The van der Waals surface area contributed by atoms with Crippen LogP contribution in [-0.2, 0) is 4.79 Å². The molecule has 1 fully saturated rings. The quantitative estimate of drug-likeness (QED) is 0.249. The minimum absolute atomic E-state index is 0.0109. The normalized spacial score (nSPS) is 15.5. The van der Waals surface area contributed by atoms with E-state index in [1.807, 2.05) is 66.7 Å². The van der Waals surface area contributed by atoms with Crippen molar-refractivity contribution in [3.63, 3.8) is 0 Å². The summed E-state index contributed by atoms with van der Waals surface area (Å²) in [5.74, 6) is -0.247. The number of Topliss-reactive ketones (excluding diaryl/α,β-unsaturated/α-hetero) is 1. The summed E-state index contributed by atoms with van der Waals surface area (Å²) in [6, 6.07) is 26.1. The van der Waals surface area contributed by atoms with Gasteiger partial charge >= 0.3 is 0 Å². The Morgan fingerprint density at radius 1 is 0.875 bits per heavy atom. The highest BCUT2D eigenvalue weighted by Crippen LogP contribution is 2.35. The molecule has 6 heteroatoms. The molecule has 1 saturated heterocycles. The van der Waals surface area contributed by atoms with E-state index >= 15 is 0 Å². The summed E-state index contributed by atoms with van der Waals surface area (Å²) in [7, 11) is 0. The van der Waals surface area contributed by atoms with Gasteiger partial charge in [0, 0.05) is 22.6 Å². The fourth-order valence-electron chi connectivity index (χ4n) is 3.36. The third-order valence-corrected chi connectivity index (χ3v) is 6.43. The molecule has 3 nitrogen and oxygen atoms in total. The van der Waals surface area contributed by atoms with E-state index in [9.17, 15) is 9.59 Å². The highest BCUT2D eigenvalue weighted by molar-refractivity contribution is 8.26. The highest BCUT2D eigenvalue weighted by Gasteiger charge is 2.26. The van der Waals surface area contributed by atoms with Gasteiger partial charge in [0.1, 0.15) is 4.32 Å². The van der Waals surface area contributed by atoms with Crippen molar-refractivity contribution in [2.45, 2.75) is 6.42 Å². The van der Waals surface area contributed by atoms with E-state index in [4.69, 9.17) is 23.8 Å². The summed E-state index contributed by atoms with van der Waals surface area (Å²) >= 11 is 12.5. The predicted octanol–water partition coefficient (Wildman–Crippen LogP) is 6.56. The number of thiocarbonyl (C=S) groups is 1. The lowest BCUT2D eigenvalue weighted by Crippen LogP contribution is -2.18. The Morgan fingerprint density at radius 3 is 2.03 bits per heavy atom. The minimum atomic E-state index is -0.236. The van der Waals surface area contributed by atoms with Crippen molar-refractivity contribution in [1.82, 2.24) is 5.32 Å². The number of hydrogen-bond donors (Lipinski definition) is 1. The first-order valence-corrected chi connectivity index (χ1v) is 11.5. The van der Waals surface area contributed by atoms with Crippen LogP contribution in [0.15, 0.2) is 95.9 Å². The number of thioether (sulfide) groups is 1. The van der Waals surface area contributed by atoms with E-state index in [0.717, 1.165) is 22.3 Å². The number of nitrogens with one attached hydrogen (secondary N) is 1. The van der Waals surface area contributed by atoms with Gasteiger partial charge < -0.3 is 5.32 Å². The van der Waals surface area contributed by atoms with Crippen molar-refractivity contribution in [3.05, 3.63) is 118 Å². The third-order valence-electron chi connectivity index (χ3n) is 4.93. The molecule has 0 spiro atoms. The van der Waals surface area contributed by atoms with E-state index in [-0.39, 0.29) is 18.1 Å². The van der Waals surface area contributed by atoms with Gasteiger partial charge in [0.15, 0.2) is 5.78 Å². The van der Waals surface area contributed by atoms with Gasteiger partial charge in [0.25, 0.3) is 5.91 Å². The molecule has 3 aromatic carbocycles. The Bertz CT molecular complexity index is 1230. The van der Waals surface area contributed by atoms with Crippen molar-refractivity contribution in [2.75, 3.05) is 0 Å². The molecular weight excluding hydrogens is 458 g/mol. The molecule has 1 N–H and O–H groups in total. The topological polar surface area (TPSA) is 46.2 Å². The lowest BCUT2D eigenvalue weighted by molar-refractivity contribution is -0.115. The fraction of sp³-hybridized carbons (Fsp3) is 0.0385. The predicted molar refractivity (Wildman–Crippen MR) is 137 cm³/mol. The Balaban J connectivity index is 1.85. The molecule has 1 amide bonds. The fourth-order valence-corrected chi connectivity index (χ4v) is 4.59. The summed E-state index contributed by atoms with van der Waals surface area (Å²) in [6.45, 7) is 0. The third kappa shape index (κ3) is 5.25. The lowest BCUT2D eigenvalue weighted by Gasteiger charge is -2.12. The van der Waals surface area contributed by atoms with Crippen LogP contribution in [0, 0.1) is 0 Å². The maximum atomic E-state index is 13.1. The van der Waals surface area contributed by atoms with Crippen LogP contribution in [0.4, 0.5) is 0 Å². The molecule has 0 saturated carbocycles. The zero-order valence-corrected chi connectivity index (χ0v) is 19.3. The highest BCUT2D eigenvalue weighted by atomic mass is 35.5. The monoisotopic (exact) mass is 475 g/mol. The molecule has 0 aromatic heterocycles. The maximum absolute atomic E-state index is 13.1. The van der Waals surface area contributed by atoms with Gasteiger partial charge in [-0.3, -0.25) is 9.59 Å². The maximum Gasteiger partial charge on any atom is 0.264 e. The number of hydrogen-bond acceptors (Lipinski definition) is 4. The second kappa shape index (κ2) is 10.1. The van der Waals surface area contributed by atoms with Gasteiger partial charge in [-0.15, -0.1) is 0 Å². The van der Waals surface area contributed by atoms with Crippen LogP contribution >= 0.6 is 35.6 Å². The van der Waals surface area contributed by atoms with Crippen molar-refractivity contribution in [2.24, 2.45) is 0 Å². The first-order valence-electron chi connectivity index (χ1n) is 9.89. The second-order valence-electron chi connectivity index (χ2n) is 7.09. The van der Waals surface area contributed by atoms with Crippen molar-refractivity contribution >= 4 is 62.7 Å². The first kappa shape index (κ1) is 22.2. The van der Waals surface area contributed by atoms with Crippen LogP contribution in [-0.4, -0.2) is 16.0 Å². The number of carbonyl (C=O) groups is 2. The molecule has 1 aliphatic heterocycles. The van der Waals surface area contributed by atoms with Crippen LogP contribution in [0.2, 0.25) is 5.02 Å². The molecule has 0 bridgehead atoms. The lowest BCUT2D eigenvalue weighted by atomic mass is 9.93. The number of benzene rings is 3. The van der Waals surface area contributed by atoms with Gasteiger partial charge in [-0.05, 0) is 34.9 Å². The Kier molecular flexibility index (Phi) is 7.00. The standard InChI is InChI=1S/C26H18ClNO2S2/c27-21-13-11-17(12-14-21)20(16-23(29)19-9-5-2-6-10-19)15-22(18-7-3-1-4-8-18)24-25(30)28-26(31)32-24/h1-15H,16H2,(H,28,30,31)/b20-15-,24-22-. The summed E-state index contributed by atoms with van der Waals surface area (Å²) in [5.41, 5.74) is 3.87. The number of halogens is 1. The van der Waals surface area contributed by atoms with Gasteiger partial charge in [0.05, 0.1) is 4.91 Å². The van der Waals surface area contributed by atoms with Crippen molar-refractivity contribution < 1.29 is 9.59 Å². The summed E-state index contributed by atoms with van der Waals surface area (Å²) < 4.78 is 0.417. The Hall–Kier alpha value is -2.99. The zero-order chi connectivity index (χ0) is 22.5. The SMILES string of the molecule is O=C1NC(=S)S/C1=C(/C=C(/CC(=O)c1ccccc1)c1ccc(Cl)cc1)c1ccccc1. The van der Waals surface area contributed by atoms with Crippen molar-refractivity contribution in [1.29, 1.82) is 0 Å². The van der Waals surface area contributed by atoms with Crippen LogP contribution in [0.3, 0.4) is 0 Å². The second-order valence-corrected chi connectivity index (χ2v) is 9.22. The number of carbonyl (C=O) groups excluding carboxylic acids is 2. The molecular formula is C26H18ClNO2S2.